The van der Waals surface area contributed by atoms with Gasteiger partial charge in [0.2, 0.25) is 0 Å². The van der Waals surface area contributed by atoms with Gasteiger partial charge in [-0.15, -0.1) is 0 Å². The summed E-state index contributed by atoms with van der Waals surface area (Å²) in [7, 11) is 0. The zero-order chi connectivity index (χ0) is 23.0. The van der Waals surface area contributed by atoms with Crippen LogP contribution in [0, 0.1) is 0 Å². The second-order valence-corrected chi connectivity index (χ2v) is 7.84. The molecule has 33 heavy (non-hydrogen) atoms. The lowest BCUT2D eigenvalue weighted by Crippen LogP contribution is -2.34. The van der Waals surface area contributed by atoms with Crippen molar-refractivity contribution in [2.24, 2.45) is 0 Å². The van der Waals surface area contributed by atoms with Crippen molar-refractivity contribution >= 4 is 28.7 Å². The molecule has 3 aromatic carbocycles. The number of benzene rings is 3. The molecule has 170 valence electrons. The minimum atomic E-state index is -0.598. The summed E-state index contributed by atoms with van der Waals surface area (Å²) in [4.78, 5) is 24.6. The summed E-state index contributed by atoms with van der Waals surface area (Å²) in [5.74, 6) is -0.136. The summed E-state index contributed by atoms with van der Waals surface area (Å²) >= 11 is 0. The second-order valence-electron chi connectivity index (χ2n) is 7.84. The number of nitrogens with one attached hydrogen (secondary N) is 2. The SMILES string of the molecule is O=C(NCC1CCCO1)/C(=C/c1ccc(C(=O)NO)cc1)COc1cccc2ccccc12. The van der Waals surface area contributed by atoms with Crippen molar-refractivity contribution in [3.8, 4) is 5.75 Å². The summed E-state index contributed by atoms with van der Waals surface area (Å²) in [6.45, 7) is 1.24. The van der Waals surface area contributed by atoms with E-state index < -0.39 is 5.91 Å². The molecule has 0 spiro atoms. The van der Waals surface area contributed by atoms with E-state index in [1.54, 1.807) is 35.8 Å². The van der Waals surface area contributed by atoms with Gasteiger partial charge in [-0.05, 0) is 48.1 Å². The Morgan fingerprint density at radius 1 is 1.06 bits per heavy atom. The summed E-state index contributed by atoms with van der Waals surface area (Å²) in [5, 5.41) is 13.8. The highest BCUT2D eigenvalue weighted by molar-refractivity contribution is 5.98. The first kappa shape index (κ1) is 22.5. The number of carbonyl (C=O) groups excluding carboxylic acids is 2. The van der Waals surface area contributed by atoms with Crippen LogP contribution in [0.2, 0.25) is 0 Å². The van der Waals surface area contributed by atoms with E-state index in [9.17, 15) is 9.59 Å². The Morgan fingerprint density at radius 3 is 2.61 bits per heavy atom. The summed E-state index contributed by atoms with van der Waals surface area (Å²) < 4.78 is 11.7. The molecule has 3 aromatic rings. The Labute approximate surface area is 192 Å². The monoisotopic (exact) mass is 446 g/mol. The maximum absolute atomic E-state index is 13.0. The standard InChI is InChI=1S/C26H26N2O5/c29-25(27-16-22-7-4-14-32-22)21(15-18-10-12-20(13-11-18)26(30)28-31)17-33-24-9-3-6-19-5-1-2-8-23(19)24/h1-3,5-6,8-13,15,22,31H,4,7,14,16-17H2,(H,27,29)(H,28,30)/b21-15+. The molecule has 2 amide bonds. The molecule has 7 heteroatoms. The van der Waals surface area contributed by atoms with Crippen LogP contribution in [0.15, 0.2) is 72.3 Å². The summed E-state index contributed by atoms with van der Waals surface area (Å²) in [5.41, 5.74) is 3.09. The highest BCUT2D eigenvalue weighted by Crippen LogP contribution is 2.25. The third-order valence-electron chi connectivity index (χ3n) is 5.55. The average molecular weight is 447 g/mol. The first-order valence-electron chi connectivity index (χ1n) is 10.9. The van der Waals surface area contributed by atoms with Gasteiger partial charge in [-0.3, -0.25) is 14.8 Å². The Kier molecular flexibility index (Phi) is 7.34. The number of hydrogen-bond acceptors (Lipinski definition) is 5. The van der Waals surface area contributed by atoms with E-state index in [4.69, 9.17) is 14.7 Å². The van der Waals surface area contributed by atoms with Crippen LogP contribution in [-0.2, 0) is 9.53 Å². The number of fused-ring (bicyclic) bond motifs is 1. The summed E-state index contributed by atoms with van der Waals surface area (Å²) in [6.07, 6.45) is 3.70. The first-order chi connectivity index (χ1) is 16.1. The van der Waals surface area contributed by atoms with Crippen molar-refractivity contribution in [2.45, 2.75) is 18.9 Å². The van der Waals surface area contributed by atoms with Gasteiger partial charge in [-0.2, -0.15) is 0 Å². The van der Waals surface area contributed by atoms with Gasteiger partial charge in [0, 0.05) is 24.1 Å². The smallest absolute Gasteiger partial charge is 0.274 e. The van der Waals surface area contributed by atoms with Crippen LogP contribution in [0.5, 0.6) is 5.75 Å². The van der Waals surface area contributed by atoms with E-state index in [1.807, 2.05) is 42.5 Å². The molecule has 0 aliphatic carbocycles. The van der Waals surface area contributed by atoms with Crippen LogP contribution in [0.3, 0.4) is 0 Å². The maximum Gasteiger partial charge on any atom is 0.274 e. The molecule has 0 saturated carbocycles. The minimum Gasteiger partial charge on any atom is -0.488 e. The molecule has 1 saturated heterocycles. The molecule has 1 fully saturated rings. The number of hydrogen-bond donors (Lipinski definition) is 3. The normalized spacial score (nSPS) is 15.9. The Hall–Kier alpha value is -3.68. The van der Waals surface area contributed by atoms with Crippen molar-refractivity contribution in [1.29, 1.82) is 0 Å². The van der Waals surface area contributed by atoms with Gasteiger partial charge in [0.15, 0.2) is 0 Å². The third kappa shape index (κ3) is 5.77. The fraction of sp³-hybridized carbons (Fsp3) is 0.231. The molecule has 1 unspecified atom stereocenters. The van der Waals surface area contributed by atoms with E-state index in [2.05, 4.69) is 5.32 Å². The van der Waals surface area contributed by atoms with Gasteiger partial charge in [-0.25, -0.2) is 5.48 Å². The highest BCUT2D eigenvalue weighted by Gasteiger charge is 2.18. The quantitative estimate of drug-likeness (QED) is 0.278. The lowest BCUT2D eigenvalue weighted by atomic mass is 10.1. The van der Waals surface area contributed by atoms with Gasteiger partial charge < -0.3 is 14.8 Å². The van der Waals surface area contributed by atoms with Crippen LogP contribution < -0.4 is 15.5 Å². The van der Waals surface area contributed by atoms with Gasteiger partial charge in [0.1, 0.15) is 12.4 Å². The number of amides is 2. The number of hydroxylamine groups is 1. The van der Waals surface area contributed by atoms with Crippen LogP contribution in [0.4, 0.5) is 0 Å². The maximum atomic E-state index is 13.0. The Bertz CT molecular complexity index is 1150. The lowest BCUT2D eigenvalue weighted by Gasteiger charge is -2.15. The number of ether oxygens (including phenoxy) is 2. The largest absolute Gasteiger partial charge is 0.488 e. The fourth-order valence-electron chi connectivity index (χ4n) is 3.77. The van der Waals surface area contributed by atoms with Crippen molar-refractivity contribution in [3.05, 3.63) is 83.4 Å². The van der Waals surface area contributed by atoms with Gasteiger partial charge in [0.25, 0.3) is 11.8 Å². The molecule has 0 bridgehead atoms. The van der Waals surface area contributed by atoms with Crippen molar-refractivity contribution in [2.75, 3.05) is 19.8 Å². The topological polar surface area (TPSA) is 96.9 Å². The molecule has 0 radical (unpaired) electrons. The highest BCUT2D eigenvalue weighted by atomic mass is 16.5. The molecule has 1 aliphatic heterocycles. The van der Waals surface area contributed by atoms with Crippen molar-refractivity contribution in [3.63, 3.8) is 0 Å². The Morgan fingerprint density at radius 2 is 1.85 bits per heavy atom. The van der Waals surface area contributed by atoms with E-state index >= 15 is 0 Å². The Balaban J connectivity index is 1.54. The molecule has 4 rings (SSSR count). The van der Waals surface area contributed by atoms with Crippen LogP contribution >= 0.6 is 0 Å². The predicted molar refractivity (Wildman–Crippen MR) is 125 cm³/mol. The molecule has 0 aromatic heterocycles. The first-order valence-corrected chi connectivity index (χ1v) is 10.9. The zero-order valence-electron chi connectivity index (χ0n) is 18.1. The number of carbonyl (C=O) groups is 2. The molecular weight excluding hydrogens is 420 g/mol. The van der Waals surface area contributed by atoms with Gasteiger partial charge >= 0.3 is 0 Å². The van der Waals surface area contributed by atoms with Crippen LogP contribution in [0.25, 0.3) is 16.8 Å². The molecule has 1 aliphatic rings. The van der Waals surface area contributed by atoms with Gasteiger partial charge in [-0.1, -0.05) is 48.5 Å². The third-order valence-corrected chi connectivity index (χ3v) is 5.55. The second kappa shape index (κ2) is 10.8. The van der Waals surface area contributed by atoms with E-state index in [0.29, 0.717) is 23.4 Å². The van der Waals surface area contributed by atoms with Crippen molar-refractivity contribution in [1.82, 2.24) is 10.8 Å². The average Bonchev–Trinajstić information content (AvgIpc) is 3.38. The molecule has 7 nitrogen and oxygen atoms in total. The van der Waals surface area contributed by atoms with Crippen LogP contribution in [0.1, 0.15) is 28.8 Å². The molecule has 1 heterocycles. The van der Waals surface area contributed by atoms with E-state index in [1.165, 1.54) is 0 Å². The molecule has 1 atom stereocenters. The number of rotatable bonds is 8. The van der Waals surface area contributed by atoms with E-state index in [-0.39, 0.29) is 18.6 Å². The molecule has 3 N–H and O–H groups in total. The van der Waals surface area contributed by atoms with Crippen molar-refractivity contribution < 1.29 is 24.3 Å². The lowest BCUT2D eigenvalue weighted by molar-refractivity contribution is -0.118. The summed E-state index contributed by atoms with van der Waals surface area (Å²) in [6, 6.07) is 20.3. The fourth-order valence-corrected chi connectivity index (χ4v) is 3.77. The minimum absolute atomic E-state index is 0.0328. The molecular formula is C26H26N2O5. The van der Waals surface area contributed by atoms with Gasteiger partial charge in [0.05, 0.1) is 11.7 Å². The van der Waals surface area contributed by atoms with E-state index in [0.717, 1.165) is 35.8 Å². The predicted octanol–water partition coefficient (Wildman–Crippen LogP) is 3.72. The zero-order valence-corrected chi connectivity index (χ0v) is 18.1. The van der Waals surface area contributed by atoms with Crippen LogP contribution in [-0.4, -0.2) is 42.9 Å².